The van der Waals surface area contributed by atoms with Gasteiger partial charge < -0.3 is 4.98 Å². The third-order valence-electron chi connectivity index (χ3n) is 3.00. The number of fused-ring (bicyclic) bond motifs is 1. The number of carbonyl (C=O) groups excluding carboxylic acids is 1. The maximum Gasteiger partial charge on any atom is 0.195 e. The molecular weight excluding hydrogens is 326 g/mol. The SMILES string of the molecule is O=C(c1cccc(Br)c1)c1c[nH]c2c(Cl)cccc12. The van der Waals surface area contributed by atoms with E-state index < -0.39 is 0 Å². The molecule has 1 N–H and O–H groups in total. The number of hydrogen-bond acceptors (Lipinski definition) is 1. The first kappa shape index (κ1) is 12.5. The number of benzene rings is 2. The van der Waals surface area contributed by atoms with Gasteiger partial charge in [-0.2, -0.15) is 0 Å². The molecule has 2 nitrogen and oxygen atoms in total. The molecule has 0 radical (unpaired) electrons. The highest BCUT2D eigenvalue weighted by atomic mass is 79.9. The van der Waals surface area contributed by atoms with Gasteiger partial charge >= 0.3 is 0 Å². The molecule has 0 aliphatic rings. The molecule has 0 saturated carbocycles. The van der Waals surface area contributed by atoms with E-state index >= 15 is 0 Å². The smallest absolute Gasteiger partial charge is 0.195 e. The molecule has 3 aromatic rings. The van der Waals surface area contributed by atoms with Crippen LogP contribution in [0.25, 0.3) is 10.9 Å². The van der Waals surface area contributed by atoms with Crippen LogP contribution < -0.4 is 0 Å². The molecule has 0 saturated heterocycles. The minimum Gasteiger partial charge on any atom is -0.359 e. The van der Waals surface area contributed by atoms with Crippen molar-refractivity contribution in [3.05, 3.63) is 69.3 Å². The number of halogens is 2. The topological polar surface area (TPSA) is 32.9 Å². The van der Waals surface area contributed by atoms with Crippen molar-refractivity contribution in [2.75, 3.05) is 0 Å². The summed E-state index contributed by atoms with van der Waals surface area (Å²) in [5.41, 5.74) is 2.08. The Morgan fingerprint density at radius 3 is 2.74 bits per heavy atom. The van der Waals surface area contributed by atoms with Crippen molar-refractivity contribution in [3.8, 4) is 0 Å². The Hall–Kier alpha value is -1.58. The maximum absolute atomic E-state index is 12.5. The number of nitrogens with one attached hydrogen (secondary N) is 1. The molecule has 2 aromatic carbocycles. The Morgan fingerprint density at radius 1 is 1.16 bits per heavy atom. The van der Waals surface area contributed by atoms with E-state index in [0.717, 1.165) is 15.4 Å². The summed E-state index contributed by atoms with van der Waals surface area (Å²) in [4.78, 5) is 15.6. The summed E-state index contributed by atoms with van der Waals surface area (Å²) < 4.78 is 0.885. The maximum atomic E-state index is 12.5. The Kier molecular flexibility index (Phi) is 3.17. The highest BCUT2D eigenvalue weighted by Gasteiger charge is 2.15. The summed E-state index contributed by atoms with van der Waals surface area (Å²) in [6.45, 7) is 0. The highest BCUT2D eigenvalue weighted by Crippen LogP contribution is 2.27. The van der Waals surface area contributed by atoms with Crippen LogP contribution in [0, 0.1) is 0 Å². The van der Waals surface area contributed by atoms with Crippen LogP contribution in [0.1, 0.15) is 15.9 Å². The predicted octanol–water partition coefficient (Wildman–Crippen LogP) is 4.81. The molecule has 0 aliphatic carbocycles. The van der Waals surface area contributed by atoms with Gasteiger partial charge in [0.2, 0.25) is 0 Å². The molecule has 0 bridgehead atoms. The summed E-state index contributed by atoms with van der Waals surface area (Å²) in [7, 11) is 0. The first-order chi connectivity index (χ1) is 9.16. The minimum absolute atomic E-state index is 0.0187. The molecule has 19 heavy (non-hydrogen) atoms. The van der Waals surface area contributed by atoms with Gasteiger partial charge in [-0.25, -0.2) is 0 Å². The van der Waals surface area contributed by atoms with Gasteiger partial charge in [0.15, 0.2) is 5.78 Å². The third kappa shape index (κ3) is 2.20. The third-order valence-corrected chi connectivity index (χ3v) is 3.80. The number of carbonyl (C=O) groups is 1. The number of aromatic nitrogens is 1. The summed E-state index contributed by atoms with van der Waals surface area (Å²) in [6.07, 6.45) is 1.71. The second kappa shape index (κ2) is 4.83. The Balaban J connectivity index is 2.15. The van der Waals surface area contributed by atoms with E-state index in [1.165, 1.54) is 0 Å². The van der Waals surface area contributed by atoms with E-state index in [0.29, 0.717) is 16.1 Å². The van der Waals surface area contributed by atoms with Gasteiger partial charge in [-0.3, -0.25) is 4.79 Å². The minimum atomic E-state index is -0.0187. The van der Waals surface area contributed by atoms with Crippen molar-refractivity contribution in [1.29, 1.82) is 0 Å². The predicted molar refractivity (Wildman–Crippen MR) is 80.9 cm³/mol. The van der Waals surface area contributed by atoms with E-state index in [1.54, 1.807) is 18.3 Å². The van der Waals surface area contributed by atoms with Crippen molar-refractivity contribution < 1.29 is 4.79 Å². The lowest BCUT2D eigenvalue weighted by Crippen LogP contribution is -1.99. The van der Waals surface area contributed by atoms with E-state index in [2.05, 4.69) is 20.9 Å². The lowest BCUT2D eigenvalue weighted by molar-refractivity contribution is 0.104. The van der Waals surface area contributed by atoms with Crippen molar-refractivity contribution in [2.45, 2.75) is 0 Å². The second-order valence-electron chi connectivity index (χ2n) is 4.20. The Labute approximate surface area is 123 Å². The fourth-order valence-corrected chi connectivity index (χ4v) is 2.72. The standard InChI is InChI=1S/C15H9BrClNO/c16-10-4-1-3-9(7-10)15(19)12-8-18-14-11(12)5-2-6-13(14)17/h1-8,18H. The lowest BCUT2D eigenvalue weighted by atomic mass is 10.0. The van der Waals surface area contributed by atoms with Crippen LogP contribution in [0.5, 0.6) is 0 Å². The molecular formula is C15H9BrClNO. The average molecular weight is 335 g/mol. The zero-order valence-electron chi connectivity index (χ0n) is 9.78. The van der Waals surface area contributed by atoms with Gasteiger partial charge in [0.05, 0.1) is 10.5 Å². The Morgan fingerprint density at radius 2 is 1.95 bits per heavy atom. The zero-order chi connectivity index (χ0) is 13.4. The van der Waals surface area contributed by atoms with Gasteiger partial charge in [-0.15, -0.1) is 0 Å². The summed E-state index contributed by atoms with van der Waals surface area (Å²) in [5.74, 6) is -0.0187. The molecule has 0 unspecified atom stereocenters. The van der Waals surface area contributed by atoms with Crippen LogP contribution in [0.3, 0.4) is 0 Å². The quantitative estimate of drug-likeness (QED) is 0.670. The first-order valence-electron chi connectivity index (χ1n) is 5.72. The largest absolute Gasteiger partial charge is 0.359 e. The van der Waals surface area contributed by atoms with Gasteiger partial charge in [0.1, 0.15) is 0 Å². The molecule has 1 heterocycles. The van der Waals surface area contributed by atoms with E-state index in [-0.39, 0.29) is 5.78 Å². The van der Waals surface area contributed by atoms with Crippen LogP contribution >= 0.6 is 27.5 Å². The lowest BCUT2D eigenvalue weighted by Gasteiger charge is -2.01. The zero-order valence-corrected chi connectivity index (χ0v) is 12.1. The van der Waals surface area contributed by atoms with E-state index in [9.17, 15) is 4.79 Å². The van der Waals surface area contributed by atoms with Crippen LogP contribution in [0.4, 0.5) is 0 Å². The monoisotopic (exact) mass is 333 g/mol. The molecule has 0 spiro atoms. The average Bonchev–Trinajstić information content (AvgIpc) is 2.83. The van der Waals surface area contributed by atoms with Crippen LogP contribution in [0.15, 0.2) is 53.1 Å². The van der Waals surface area contributed by atoms with E-state index in [1.807, 2.05) is 30.3 Å². The molecule has 94 valence electrons. The number of para-hydroxylation sites is 1. The fourth-order valence-electron chi connectivity index (χ4n) is 2.09. The number of aromatic amines is 1. The number of ketones is 1. The summed E-state index contributed by atoms with van der Waals surface area (Å²) in [5, 5.41) is 1.46. The second-order valence-corrected chi connectivity index (χ2v) is 5.53. The Bertz CT molecular complexity index is 779. The molecule has 0 aliphatic heterocycles. The van der Waals surface area contributed by atoms with Crippen molar-refractivity contribution in [3.63, 3.8) is 0 Å². The number of hydrogen-bond donors (Lipinski definition) is 1. The van der Waals surface area contributed by atoms with Crippen molar-refractivity contribution in [2.24, 2.45) is 0 Å². The first-order valence-corrected chi connectivity index (χ1v) is 6.90. The molecule has 0 fully saturated rings. The van der Waals surface area contributed by atoms with Gasteiger partial charge in [0.25, 0.3) is 0 Å². The van der Waals surface area contributed by atoms with E-state index in [4.69, 9.17) is 11.6 Å². The molecule has 1 aromatic heterocycles. The number of H-pyrrole nitrogens is 1. The van der Waals surface area contributed by atoms with Gasteiger partial charge in [-0.05, 0) is 18.2 Å². The fraction of sp³-hybridized carbons (Fsp3) is 0. The molecule has 0 amide bonds. The number of rotatable bonds is 2. The normalized spacial score (nSPS) is 10.8. The summed E-state index contributed by atoms with van der Waals surface area (Å²) in [6, 6.07) is 12.9. The van der Waals surface area contributed by atoms with Gasteiger partial charge in [-0.1, -0.05) is 51.8 Å². The van der Waals surface area contributed by atoms with Crippen molar-refractivity contribution >= 4 is 44.2 Å². The van der Waals surface area contributed by atoms with Crippen molar-refractivity contribution in [1.82, 2.24) is 4.98 Å². The summed E-state index contributed by atoms with van der Waals surface area (Å²) >= 11 is 9.47. The van der Waals surface area contributed by atoms with Crippen LogP contribution in [0.2, 0.25) is 5.02 Å². The van der Waals surface area contributed by atoms with Gasteiger partial charge in [0, 0.05) is 27.2 Å². The highest BCUT2D eigenvalue weighted by molar-refractivity contribution is 9.10. The molecule has 0 atom stereocenters. The van der Waals surface area contributed by atoms with Crippen LogP contribution in [-0.4, -0.2) is 10.8 Å². The molecule has 4 heteroatoms. The van der Waals surface area contributed by atoms with Crippen LogP contribution in [-0.2, 0) is 0 Å². The molecule has 3 rings (SSSR count).